The minimum Gasteiger partial charge on any atom is -0.292 e. The molecule has 0 aliphatic heterocycles. The summed E-state index contributed by atoms with van der Waals surface area (Å²) in [6.07, 6.45) is -4.45. The molecule has 0 amide bonds. The van der Waals surface area contributed by atoms with Crippen LogP contribution in [0.1, 0.15) is 36.3 Å². The van der Waals surface area contributed by atoms with Crippen LogP contribution in [-0.4, -0.2) is 10.8 Å². The summed E-state index contributed by atoms with van der Waals surface area (Å²) < 4.78 is 35.7. The second-order valence-corrected chi connectivity index (χ2v) is 2.95. The van der Waals surface area contributed by atoms with E-state index in [2.05, 4.69) is 4.98 Å². The molecule has 1 heterocycles. The summed E-state index contributed by atoms with van der Waals surface area (Å²) in [4.78, 5) is 13.7. The summed E-state index contributed by atoms with van der Waals surface area (Å²) in [5, 5.41) is 0.721. The lowest BCUT2D eigenvalue weighted by Crippen LogP contribution is -2.05. The van der Waals surface area contributed by atoms with E-state index in [-0.39, 0.29) is 5.01 Å². The molecule has 0 unspecified atom stereocenters. The molecule has 0 radical (unpaired) electrons. The SMILES string of the molecule is CC.CC(=O)c1nc(C(F)(F)F)cs1. The first kappa shape index (κ1) is 13.1. The van der Waals surface area contributed by atoms with Crippen LogP contribution in [0.2, 0.25) is 0 Å². The average molecular weight is 225 g/mol. The van der Waals surface area contributed by atoms with Gasteiger partial charge in [-0.1, -0.05) is 13.8 Å². The summed E-state index contributed by atoms with van der Waals surface area (Å²) in [5.74, 6) is -0.449. The fourth-order valence-corrected chi connectivity index (χ4v) is 1.29. The molecule has 0 saturated heterocycles. The lowest BCUT2D eigenvalue weighted by atomic mass is 10.4. The first-order chi connectivity index (χ1) is 6.41. The summed E-state index contributed by atoms with van der Waals surface area (Å²) in [6.45, 7) is 5.18. The fraction of sp³-hybridized carbons (Fsp3) is 0.500. The number of halogens is 3. The van der Waals surface area contributed by atoms with Gasteiger partial charge in [-0.3, -0.25) is 4.79 Å². The Labute approximate surface area is 83.8 Å². The van der Waals surface area contributed by atoms with Crippen LogP contribution in [0.5, 0.6) is 0 Å². The number of nitrogens with zero attached hydrogens (tertiary/aromatic N) is 1. The first-order valence-corrected chi connectivity index (χ1v) is 4.83. The molecule has 0 fully saturated rings. The van der Waals surface area contributed by atoms with Crippen molar-refractivity contribution < 1.29 is 18.0 Å². The Kier molecular flexibility index (Phi) is 4.76. The van der Waals surface area contributed by atoms with Gasteiger partial charge in [0.1, 0.15) is 0 Å². The summed E-state index contributed by atoms with van der Waals surface area (Å²) in [7, 11) is 0. The van der Waals surface area contributed by atoms with Crippen LogP contribution in [-0.2, 0) is 6.18 Å². The van der Waals surface area contributed by atoms with Gasteiger partial charge in [0.25, 0.3) is 0 Å². The highest BCUT2D eigenvalue weighted by Crippen LogP contribution is 2.29. The molecular formula is C8H10F3NOS. The minimum absolute atomic E-state index is 0.109. The van der Waals surface area contributed by atoms with E-state index < -0.39 is 17.7 Å². The Morgan fingerprint density at radius 1 is 1.43 bits per heavy atom. The molecule has 0 aromatic carbocycles. The number of hydrogen-bond acceptors (Lipinski definition) is 3. The fourth-order valence-electron chi connectivity index (χ4n) is 0.566. The summed E-state index contributed by atoms with van der Waals surface area (Å²) in [6, 6.07) is 0. The van der Waals surface area contributed by atoms with Gasteiger partial charge in [0, 0.05) is 12.3 Å². The van der Waals surface area contributed by atoms with Crippen LogP contribution < -0.4 is 0 Å². The molecule has 1 aromatic rings. The smallest absolute Gasteiger partial charge is 0.292 e. The zero-order valence-electron chi connectivity index (χ0n) is 7.97. The largest absolute Gasteiger partial charge is 0.434 e. The molecule has 0 aliphatic rings. The van der Waals surface area contributed by atoms with Crippen LogP contribution in [0.15, 0.2) is 5.38 Å². The highest BCUT2D eigenvalue weighted by molar-refractivity contribution is 7.11. The van der Waals surface area contributed by atoms with E-state index in [1.165, 1.54) is 6.92 Å². The molecule has 1 rings (SSSR count). The standard InChI is InChI=1S/C6H4F3NOS.C2H6/c1-3(11)5-10-4(2-12-5)6(7,8)9;1-2/h2H,1H3;1-2H3. The van der Waals surface area contributed by atoms with Gasteiger partial charge in [-0.2, -0.15) is 13.2 Å². The first-order valence-electron chi connectivity index (χ1n) is 3.95. The maximum absolute atomic E-state index is 11.9. The van der Waals surface area contributed by atoms with Gasteiger partial charge in [-0.05, 0) is 0 Å². The van der Waals surface area contributed by atoms with Crippen LogP contribution in [0.25, 0.3) is 0 Å². The van der Waals surface area contributed by atoms with Gasteiger partial charge in [0.05, 0.1) is 0 Å². The van der Waals surface area contributed by atoms with Gasteiger partial charge in [-0.15, -0.1) is 11.3 Å². The summed E-state index contributed by atoms with van der Waals surface area (Å²) >= 11 is 0.704. The number of ketones is 1. The third-order valence-electron chi connectivity index (χ3n) is 1.10. The number of hydrogen-bond donors (Lipinski definition) is 0. The Hall–Kier alpha value is -0.910. The van der Waals surface area contributed by atoms with Crippen molar-refractivity contribution >= 4 is 17.1 Å². The van der Waals surface area contributed by atoms with Crippen LogP contribution in [0.3, 0.4) is 0 Å². The lowest BCUT2D eigenvalue weighted by Gasteiger charge is -1.99. The van der Waals surface area contributed by atoms with Crippen LogP contribution in [0, 0.1) is 0 Å². The number of carbonyl (C=O) groups is 1. The number of aromatic nitrogens is 1. The Morgan fingerprint density at radius 2 is 1.93 bits per heavy atom. The highest BCUT2D eigenvalue weighted by atomic mass is 32.1. The quantitative estimate of drug-likeness (QED) is 0.686. The molecule has 0 saturated carbocycles. The Balaban J connectivity index is 0.000000791. The summed E-state index contributed by atoms with van der Waals surface area (Å²) in [5.41, 5.74) is -1.00. The molecular weight excluding hydrogens is 215 g/mol. The van der Waals surface area contributed by atoms with Gasteiger partial charge < -0.3 is 0 Å². The molecule has 0 aliphatic carbocycles. The monoisotopic (exact) mass is 225 g/mol. The second-order valence-electron chi connectivity index (χ2n) is 2.09. The zero-order chi connectivity index (χ0) is 11.4. The molecule has 80 valence electrons. The van der Waals surface area contributed by atoms with E-state index >= 15 is 0 Å². The molecule has 0 spiro atoms. The zero-order valence-corrected chi connectivity index (χ0v) is 8.79. The minimum atomic E-state index is -4.45. The molecule has 2 nitrogen and oxygen atoms in total. The Morgan fingerprint density at radius 3 is 2.14 bits per heavy atom. The maximum atomic E-state index is 11.9. The van der Waals surface area contributed by atoms with E-state index in [1.54, 1.807) is 0 Å². The number of Topliss-reactive ketones (excluding diaryl/α,β-unsaturated/α-hetero) is 1. The predicted molar refractivity (Wildman–Crippen MR) is 48.5 cm³/mol. The van der Waals surface area contributed by atoms with Crippen molar-refractivity contribution in [3.8, 4) is 0 Å². The maximum Gasteiger partial charge on any atom is 0.434 e. The number of carbonyl (C=O) groups excluding carboxylic acids is 1. The van der Waals surface area contributed by atoms with E-state index in [9.17, 15) is 18.0 Å². The van der Waals surface area contributed by atoms with Gasteiger partial charge in [0.2, 0.25) is 0 Å². The third kappa shape index (κ3) is 3.45. The van der Waals surface area contributed by atoms with Crippen molar-refractivity contribution in [1.29, 1.82) is 0 Å². The topological polar surface area (TPSA) is 30.0 Å². The van der Waals surface area contributed by atoms with Gasteiger partial charge in [-0.25, -0.2) is 4.98 Å². The Bertz CT molecular complexity index is 306. The molecule has 1 aromatic heterocycles. The van der Waals surface area contributed by atoms with Crippen molar-refractivity contribution in [2.75, 3.05) is 0 Å². The third-order valence-corrected chi connectivity index (χ3v) is 2.04. The van der Waals surface area contributed by atoms with E-state index in [4.69, 9.17) is 0 Å². The van der Waals surface area contributed by atoms with Crippen molar-refractivity contribution in [1.82, 2.24) is 4.98 Å². The van der Waals surface area contributed by atoms with Crippen LogP contribution in [0.4, 0.5) is 13.2 Å². The van der Waals surface area contributed by atoms with E-state index in [1.807, 2.05) is 13.8 Å². The van der Waals surface area contributed by atoms with Crippen molar-refractivity contribution in [2.24, 2.45) is 0 Å². The lowest BCUT2D eigenvalue weighted by molar-refractivity contribution is -0.140. The van der Waals surface area contributed by atoms with Crippen molar-refractivity contribution in [3.63, 3.8) is 0 Å². The van der Waals surface area contributed by atoms with Gasteiger partial charge in [0.15, 0.2) is 16.5 Å². The van der Waals surface area contributed by atoms with Crippen molar-refractivity contribution in [2.45, 2.75) is 26.9 Å². The average Bonchev–Trinajstić information content (AvgIpc) is 2.54. The second kappa shape index (κ2) is 5.09. The van der Waals surface area contributed by atoms with E-state index in [0.29, 0.717) is 11.3 Å². The number of alkyl halides is 3. The molecule has 14 heavy (non-hydrogen) atoms. The normalized spacial score (nSPS) is 10.4. The van der Waals surface area contributed by atoms with E-state index in [0.717, 1.165) is 5.38 Å². The molecule has 6 heteroatoms. The predicted octanol–water partition coefficient (Wildman–Crippen LogP) is 3.39. The van der Waals surface area contributed by atoms with Crippen molar-refractivity contribution in [3.05, 3.63) is 16.1 Å². The van der Waals surface area contributed by atoms with Crippen LogP contribution >= 0.6 is 11.3 Å². The number of rotatable bonds is 1. The molecule has 0 atom stereocenters. The number of thiazole rings is 1. The molecule has 0 N–H and O–H groups in total. The van der Waals surface area contributed by atoms with Gasteiger partial charge >= 0.3 is 6.18 Å². The molecule has 0 bridgehead atoms. The highest BCUT2D eigenvalue weighted by Gasteiger charge is 2.33.